The molecule has 0 atom stereocenters. The standard InChI is InChI=1S/C9H13.C5H5.2ClH.Hf/c1-3-8-6-5-7-9(8)4-2;1-2-4-5-3-1;;;/h5-7H,3-4H2,1-2H3;1-5H;2*1H;/q2*-1;;;+4/p-2. The Kier molecular flexibility index (Phi) is 18.7. The van der Waals surface area contributed by atoms with Crippen LogP contribution in [0.2, 0.25) is 0 Å². The Morgan fingerprint density at radius 2 is 1.24 bits per heavy atom. The van der Waals surface area contributed by atoms with Gasteiger partial charge in [-0.3, -0.25) is 0 Å². The summed E-state index contributed by atoms with van der Waals surface area (Å²) in [6.45, 7) is 4.41. The van der Waals surface area contributed by atoms with Crippen LogP contribution in [-0.4, -0.2) is 0 Å². The van der Waals surface area contributed by atoms with Crippen molar-refractivity contribution in [1.29, 1.82) is 0 Å². The molecule has 2 aromatic carbocycles. The summed E-state index contributed by atoms with van der Waals surface area (Å²) in [5.74, 6) is 0. The summed E-state index contributed by atoms with van der Waals surface area (Å²) in [6, 6.07) is 16.6. The van der Waals surface area contributed by atoms with Crippen molar-refractivity contribution in [3.8, 4) is 0 Å². The first-order valence-corrected chi connectivity index (χ1v) is 5.28. The van der Waals surface area contributed by atoms with Crippen LogP contribution < -0.4 is 24.8 Å². The fraction of sp³-hybridized carbons (Fsp3) is 0.286. The summed E-state index contributed by atoms with van der Waals surface area (Å²) < 4.78 is 0. The molecule has 0 aliphatic rings. The molecule has 0 fully saturated rings. The first-order chi connectivity index (χ1) is 6.88. The van der Waals surface area contributed by atoms with Crippen LogP contribution in [-0.2, 0) is 38.7 Å². The van der Waals surface area contributed by atoms with Gasteiger partial charge in [0, 0.05) is 0 Å². The Labute approximate surface area is 136 Å². The first-order valence-electron chi connectivity index (χ1n) is 5.28. The molecule has 0 spiro atoms. The van der Waals surface area contributed by atoms with Gasteiger partial charge in [-0.1, -0.05) is 26.7 Å². The predicted octanol–water partition coefficient (Wildman–Crippen LogP) is -2.06. The van der Waals surface area contributed by atoms with Crippen LogP contribution in [0.1, 0.15) is 25.0 Å². The molecule has 0 saturated carbocycles. The van der Waals surface area contributed by atoms with Crippen molar-refractivity contribution in [3.63, 3.8) is 0 Å². The molecule has 0 N–H and O–H groups in total. The van der Waals surface area contributed by atoms with Crippen molar-refractivity contribution in [2.45, 2.75) is 26.7 Å². The maximum absolute atomic E-state index is 2.21. The normalized spacial score (nSPS) is 7.65. The summed E-state index contributed by atoms with van der Waals surface area (Å²) in [7, 11) is 0. The van der Waals surface area contributed by atoms with Crippen LogP contribution in [0.4, 0.5) is 0 Å². The van der Waals surface area contributed by atoms with Gasteiger partial charge in [0.25, 0.3) is 0 Å². The fourth-order valence-corrected chi connectivity index (χ4v) is 1.51. The molecule has 0 nitrogen and oxygen atoms in total. The number of hydrogen-bond donors (Lipinski definition) is 0. The van der Waals surface area contributed by atoms with Gasteiger partial charge >= 0.3 is 25.8 Å². The Morgan fingerprint density at radius 3 is 1.47 bits per heavy atom. The van der Waals surface area contributed by atoms with Crippen LogP contribution in [0.25, 0.3) is 0 Å². The van der Waals surface area contributed by atoms with Crippen molar-refractivity contribution in [3.05, 3.63) is 59.7 Å². The van der Waals surface area contributed by atoms with Crippen LogP contribution in [0.15, 0.2) is 48.5 Å². The van der Waals surface area contributed by atoms with Gasteiger partial charge in [-0.15, -0.1) is 0 Å². The van der Waals surface area contributed by atoms with E-state index in [0.29, 0.717) is 0 Å². The molecule has 3 heteroatoms. The second-order valence-corrected chi connectivity index (χ2v) is 3.25. The summed E-state index contributed by atoms with van der Waals surface area (Å²) >= 11 is 0. The molecule has 92 valence electrons. The number of rotatable bonds is 2. The first kappa shape index (κ1) is 22.3. The third-order valence-corrected chi connectivity index (χ3v) is 2.32. The van der Waals surface area contributed by atoms with Crippen molar-refractivity contribution < 1.29 is 50.7 Å². The molecule has 0 aliphatic carbocycles. The van der Waals surface area contributed by atoms with Crippen molar-refractivity contribution >= 4 is 0 Å². The minimum Gasteiger partial charge on any atom is -1.00 e. The van der Waals surface area contributed by atoms with Gasteiger partial charge in [0.15, 0.2) is 0 Å². The average molecular weight is 436 g/mol. The Hall–Kier alpha value is 0.150. The van der Waals surface area contributed by atoms with E-state index in [1.54, 1.807) is 0 Å². The molecule has 0 aromatic heterocycles. The van der Waals surface area contributed by atoms with Gasteiger partial charge in [-0.05, 0) is 0 Å². The molecule has 0 bridgehead atoms. The van der Waals surface area contributed by atoms with Gasteiger partial charge in [0.1, 0.15) is 0 Å². The van der Waals surface area contributed by atoms with Crippen molar-refractivity contribution in [2.75, 3.05) is 0 Å². The molecule has 0 saturated heterocycles. The van der Waals surface area contributed by atoms with E-state index in [4.69, 9.17) is 0 Å². The van der Waals surface area contributed by atoms with Gasteiger partial charge in [-0.25, -0.2) is 12.1 Å². The second kappa shape index (κ2) is 14.2. The van der Waals surface area contributed by atoms with Gasteiger partial charge < -0.3 is 24.8 Å². The molecule has 2 rings (SSSR count). The van der Waals surface area contributed by atoms with E-state index >= 15 is 0 Å². The van der Waals surface area contributed by atoms with E-state index in [2.05, 4.69) is 32.0 Å². The van der Waals surface area contributed by atoms with Crippen LogP contribution in [0.5, 0.6) is 0 Å². The Morgan fingerprint density at radius 1 is 0.824 bits per heavy atom. The van der Waals surface area contributed by atoms with E-state index in [-0.39, 0.29) is 50.7 Å². The second-order valence-electron chi connectivity index (χ2n) is 3.25. The monoisotopic (exact) mass is 436 g/mol. The van der Waals surface area contributed by atoms with Crippen molar-refractivity contribution in [1.82, 2.24) is 0 Å². The molecule has 0 amide bonds. The molecule has 0 unspecified atom stereocenters. The maximum atomic E-state index is 2.21. The maximum Gasteiger partial charge on any atom is 4.00 e. The van der Waals surface area contributed by atoms with E-state index in [1.807, 2.05) is 30.3 Å². The predicted molar refractivity (Wildman–Crippen MR) is 62.8 cm³/mol. The molecular weight excluding hydrogens is 418 g/mol. The largest absolute Gasteiger partial charge is 4.00 e. The third kappa shape index (κ3) is 8.82. The molecule has 17 heavy (non-hydrogen) atoms. The van der Waals surface area contributed by atoms with Gasteiger partial charge in [0.2, 0.25) is 0 Å². The fourth-order valence-electron chi connectivity index (χ4n) is 1.51. The van der Waals surface area contributed by atoms with E-state index < -0.39 is 0 Å². The summed E-state index contributed by atoms with van der Waals surface area (Å²) in [4.78, 5) is 0. The molecule has 0 heterocycles. The number of aryl methyl sites for hydroxylation is 2. The molecule has 0 aliphatic heterocycles. The molecule has 2 aromatic rings. The average Bonchev–Trinajstić information content (AvgIpc) is 2.91. The molecule has 0 radical (unpaired) electrons. The number of halogens is 2. The number of hydrogen-bond acceptors (Lipinski definition) is 0. The minimum atomic E-state index is 0. The molecular formula is C14H18Cl2Hf. The smallest absolute Gasteiger partial charge is 1.00 e. The zero-order valence-electron chi connectivity index (χ0n) is 10.3. The van der Waals surface area contributed by atoms with Crippen LogP contribution >= 0.6 is 0 Å². The topological polar surface area (TPSA) is 0 Å². The van der Waals surface area contributed by atoms with Gasteiger partial charge in [0.05, 0.1) is 0 Å². The van der Waals surface area contributed by atoms with Crippen LogP contribution in [0.3, 0.4) is 0 Å². The third-order valence-electron chi connectivity index (χ3n) is 2.32. The summed E-state index contributed by atoms with van der Waals surface area (Å²) in [6.07, 6.45) is 2.35. The quantitative estimate of drug-likeness (QED) is 0.376. The Balaban J connectivity index is -0.000000216. The zero-order chi connectivity index (χ0) is 10.2. The van der Waals surface area contributed by atoms with Gasteiger partial charge in [-0.2, -0.15) is 47.5 Å². The SMILES string of the molecule is CCc1c[cH-]cc1CC.[Cl-].[Cl-].[Hf+4].c1cc[cH-]c1. The zero-order valence-corrected chi connectivity index (χ0v) is 15.4. The Bertz CT molecular complexity index is 290. The summed E-state index contributed by atoms with van der Waals surface area (Å²) in [5, 5.41) is 0. The van der Waals surface area contributed by atoms with E-state index in [0.717, 1.165) is 0 Å². The minimum absolute atomic E-state index is 0. The van der Waals surface area contributed by atoms with Crippen LogP contribution in [0, 0.1) is 0 Å². The summed E-state index contributed by atoms with van der Waals surface area (Å²) in [5.41, 5.74) is 3.02. The van der Waals surface area contributed by atoms with E-state index in [1.165, 1.54) is 24.0 Å². The van der Waals surface area contributed by atoms with E-state index in [9.17, 15) is 0 Å². The van der Waals surface area contributed by atoms with Crippen molar-refractivity contribution in [2.24, 2.45) is 0 Å².